The molecule has 3 rings (SSSR count). The van der Waals surface area contributed by atoms with Crippen molar-refractivity contribution in [3.63, 3.8) is 0 Å². The second kappa shape index (κ2) is 9.71. The Morgan fingerprint density at radius 2 is 1.76 bits per heavy atom. The van der Waals surface area contributed by atoms with Crippen molar-refractivity contribution in [3.05, 3.63) is 87.7 Å². The molecule has 0 saturated heterocycles. The first-order valence-electron chi connectivity index (χ1n) is 9.22. The maximum absolute atomic E-state index is 12.8. The van der Waals surface area contributed by atoms with E-state index in [4.69, 9.17) is 4.74 Å². The van der Waals surface area contributed by atoms with E-state index in [0.717, 1.165) is 16.2 Å². The van der Waals surface area contributed by atoms with Crippen molar-refractivity contribution in [2.75, 3.05) is 11.9 Å². The van der Waals surface area contributed by atoms with Gasteiger partial charge in [-0.15, -0.1) is 11.3 Å². The van der Waals surface area contributed by atoms with Crippen LogP contribution in [-0.2, 0) is 4.79 Å². The van der Waals surface area contributed by atoms with Crippen molar-refractivity contribution < 1.29 is 14.3 Å². The zero-order valence-electron chi connectivity index (χ0n) is 16.3. The summed E-state index contributed by atoms with van der Waals surface area (Å²) in [5.74, 6) is -0.00908. The van der Waals surface area contributed by atoms with E-state index in [9.17, 15) is 9.59 Å². The van der Waals surface area contributed by atoms with Gasteiger partial charge in [-0.2, -0.15) is 0 Å². The maximum atomic E-state index is 12.8. The average molecular weight is 407 g/mol. The molecule has 0 radical (unpaired) electrons. The van der Waals surface area contributed by atoms with Crippen LogP contribution < -0.4 is 15.4 Å². The number of nitrogens with one attached hydrogen (secondary N) is 2. The molecule has 6 heteroatoms. The van der Waals surface area contributed by atoms with Gasteiger partial charge in [0.05, 0.1) is 6.61 Å². The first-order valence-corrected chi connectivity index (χ1v) is 10.1. The predicted octanol–water partition coefficient (Wildman–Crippen LogP) is 4.86. The number of rotatable bonds is 7. The van der Waals surface area contributed by atoms with Gasteiger partial charge in [0.2, 0.25) is 0 Å². The van der Waals surface area contributed by atoms with E-state index in [1.165, 1.54) is 11.3 Å². The third kappa shape index (κ3) is 5.80. The van der Waals surface area contributed by atoms with Gasteiger partial charge in [-0.1, -0.05) is 23.8 Å². The molecule has 0 aliphatic rings. The topological polar surface area (TPSA) is 67.4 Å². The summed E-state index contributed by atoms with van der Waals surface area (Å²) in [7, 11) is 0. The number of ether oxygens (including phenoxy) is 1. The molecule has 2 N–H and O–H groups in total. The van der Waals surface area contributed by atoms with Crippen LogP contribution in [-0.4, -0.2) is 18.4 Å². The summed E-state index contributed by atoms with van der Waals surface area (Å²) in [5, 5.41) is 7.46. The molecule has 3 aromatic rings. The number of carbonyl (C=O) groups is 2. The lowest BCUT2D eigenvalue weighted by Gasteiger charge is -2.12. The minimum absolute atomic E-state index is 0.173. The Morgan fingerprint density at radius 1 is 1.03 bits per heavy atom. The molecule has 29 heavy (non-hydrogen) atoms. The highest BCUT2D eigenvalue weighted by molar-refractivity contribution is 7.10. The SMILES string of the molecule is CCOc1ccc(NC(=O)/C(=C/c2cccs2)NC(=O)c2ccc(C)cc2)cc1. The van der Waals surface area contributed by atoms with E-state index in [0.29, 0.717) is 17.9 Å². The normalized spacial score (nSPS) is 11.0. The van der Waals surface area contributed by atoms with Gasteiger partial charge < -0.3 is 15.4 Å². The summed E-state index contributed by atoms with van der Waals surface area (Å²) in [6.45, 7) is 4.44. The van der Waals surface area contributed by atoms with Crippen molar-refractivity contribution >= 4 is 34.9 Å². The van der Waals surface area contributed by atoms with Crippen molar-refractivity contribution in [2.45, 2.75) is 13.8 Å². The number of thiophene rings is 1. The van der Waals surface area contributed by atoms with Crippen LogP contribution in [0.4, 0.5) is 5.69 Å². The lowest BCUT2D eigenvalue weighted by molar-refractivity contribution is -0.113. The molecule has 2 amide bonds. The van der Waals surface area contributed by atoms with Gasteiger partial charge in [-0.05, 0) is 67.8 Å². The Kier molecular flexibility index (Phi) is 6.81. The summed E-state index contributed by atoms with van der Waals surface area (Å²) < 4.78 is 5.41. The zero-order valence-corrected chi connectivity index (χ0v) is 17.1. The van der Waals surface area contributed by atoms with Gasteiger partial charge in [-0.3, -0.25) is 9.59 Å². The van der Waals surface area contributed by atoms with Crippen LogP contribution >= 0.6 is 11.3 Å². The quantitative estimate of drug-likeness (QED) is 0.551. The van der Waals surface area contributed by atoms with Gasteiger partial charge in [0.25, 0.3) is 11.8 Å². The second-order valence-corrected chi connectivity index (χ2v) is 7.28. The molecule has 2 aromatic carbocycles. The van der Waals surface area contributed by atoms with Gasteiger partial charge in [0.1, 0.15) is 11.4 Å². The van der Waals surface area contributed by atoms with Crippen LogP contribution in [0.15, 0.2) is 71.7 Å². The fraction of sp³-hybridized carbons (Fsp3) is 0.130. The van der Waals surface area contributed by atoms with Crippen LogP contribution in [0.5, 0.6) is 5.75 Å². The average Bonchev–Trinajstić information content (AvgIpc) is 3.23. The maximum Gasteiger partial charge on any atom is 0.272 e. The van der Waals surface area contributed by atoms with Crippen LogP contribution in [0.3, 0.4) is 0 Å². The van der Waals surface area contributed by atoms with Gasteiger partial charge in [-0.25, -0.2) is 0 Å². The Labute approximate surface area is 174 Å². The molecule has 1 aromatic heterocycles. The number of hydrogen-bond acceptors (Lipinski definition) is 4. The van der Waals surface area contributed by atoms with Crippen molar-refractivity contribution in [3.8, 4) is 5.75 Å². The summed E-state index contributed by atoms with van der Waals surface area (Å²) in [4.78, 5) is 26.3. The van der Waals surface area contributed by atoms with Gasteiger partial charge in [0.15, 0.2) is 0 Å². The van der Waals surface area contributed by atoms with Crippen LogP contribution in [0.1, 0.15) is 27.7 Å². The van der Waals surface area contributed by atoms with Gasteiger partial charge >= 0.3 is 0 Å². The van der Waals surface area contributed by atoms with Crippen molar-refractivity contribution in [2.24, 2.45) is 0 Å². The molecule has 0 aliphatic heterocycles. The highest BCUT2D eigenvalue weighted by Gasteiger charge is 2.15. The molecule has 0 unspecified atom stereocenters. The number of benzene rings is 2. The largest absolute Gasteiger partial charge is 0.494 e. The van der Waals surface area contributed by atoms with E-state index in [-0.39, 0.29) is 11.6 Å². The summed E-state index contributed by atoms with van der Waals surface area (Å²) in [6, 6.07) is 18.0. The van der Waals surface area contributed by atoms with E-state index < -0.39 is 5.91 Å². The molecule has 148 valence electrons. The van der Waals surface area contributed by atoms with Crippen LogP contribution in [0.2, 0.25) is 0 Å². The third-order valence-corrected chi connectivity index (χ3v) is 4.88. The van der Waals surface area contributed by atoms with E-state index in [1.807, 2.05) is 43.5 Å². The number of amides is 2. The highest BCUT2D eigenvalue weighted by Crippen LogP contribution is 2.18. The lowest BCUT2D eigenvalue weighted by atomic mass is 10.1. The lowest BCUT2D eigenvalue weighted by Crippen LogP contribution is -2.30. The molecule has 5 nitrogen and oxygen atoms in total. The minimum Gasteiger partial charge on any atom is -0.494 e. The molecule has 0 bridgehead atoms. The Morgan fingerprint density at radius 3 is 2.38 bits per heavy atom. The third-order valence-electron chi connectivity index (χ3n) is 4.06. The number of carbonyl (C=O) groups excluding carboxylic acids is 2. The van der Waals surface area contributed by atoms with Crippen LogP contribution in [0.25, 0.3) is 6.08 Å². The smallest absolute Gasteiger partial charge is 0.272 e. The standard InChI is InChI=1S/C23H22N2O3S/c1-3-28-19-12-10-18(11-13-19)24-23(27)21(15-20-5-4-14-29-20)25-22(26)17-8-6-16(2)7-9-17/h4-15H,3H2,1-2H3,(H,24,27)(H,25,26)/b21-15-. The molecule has 0 fully saturated rings. The summed E-state index contributed by atoms with van der Waals surface area (Å²) in [6.07, 6.45) is 1.67. The molecule has 1 heterocycles. The molecular formula is C23H22N2O3S. The summed E-state index contributed by atoms with van der Waals surface area (Å²) >= 11 is 1.48. The predicted molar refractivity (Wildman–Crippen MR) is 117 cm³/mol. The van der Waals surface area contributed by atoms with Gasteiger partial charge in [0, 0.05) is 16.1 Å². The zero-order chi connectivity index (χ0) is 20.6. The molecule has 0 spiro atoms. The fourth-order valence-corrected chi connectivity index (χ4v) is 3.23. The summed E-state index contributed by atoms with van der Waals surface area (Å²) in [5.41, 5.74) is 2.33. The van der Waals surface area contributed by atoms with Crippen LogP contribution in [0, 0.1) is 6.92 Å². The highest BCUT2D eigenvalue weighted by atomic mass is 32.1. The first-order chi connectivity index (χ1) is 14.0. The second-order valence-electron chi connectivity index (χ2n) is 6.31. The monoisotopic (exact) mass is 406 g/mol. The van der Waals surface area contributed by atoms with E-state index in [1.54, 1.807) is 42.5 Å². The number of hydrogen-bond donors (Lipinski definition) is 2. The van der Waals surface area contributed by atoms with Crippen molar-refractivity contribution in [1.82, 2.24) is 5.32 Å². The molecule has 0 aliphatic carbocycles. The van der Waals surface area contributed by atoms with E-state index in [2.05, 4.69) is 10.6 Å². The number of anilines is 1. The minimum atomic E-state index is -0.400. The molecular weight excluding hydrogens is 384 g/mol. The Balaban J connectivity index is 1.78. The fourth-order valence-electron chi connectivity index (χ4n) is 2.57. The Bertz CT molecular complexity index is 992. The molecule has 0 atom stereocenters. The number of aryl methyl sites for hydroxylation is 1. The van der Waals surface area contributed by atoms with Crippen molar-refractivity contribution in [1.29, 1.82) is 0 Å². The first kappa shape index (κ1) is 20.4. The van der Waals surface area contributed by atoms with E-state index >= 15 is 0 Å². The molecule has 0 saturated carbocycles. The Hall–Kier alpha value is -3.38.